The monoisotopic (exact) mass is 638 g/mol. The van der Waals surface area contributed by atoms with Crippen LogP contribution in [0.15, 0.2) is 162 Å². The van der Waals surface area contributed by atoms with Gasteiger partial charge in [0.15, 0.2) is 0 Å². The van der Waals surface area contributed by atoms with Crippen molar-refractivity contribution in [1.82, 2.24) is 0 Å². The molecule has 236 valence electrons. The van der Waals surface area contributed by atoms with Crippen LogP contribution in [0.3, 0.4) is 0 Å². The van der Waals surface area contributed by atoms with Gasteiger partial charge in [0.05, 0.1) is 0 Å². The quantitative estimate of drug-likeness (QED) is 0.172. The van der Waals surface area contributed by atoms with Crippen molar-refractivity contribution in [3.8, 4) is 22.3 Å². The Morgan fingerprint density at radius 3 is 1.98 bits per heavy atom. The summed E-state index contributed by atoms with van der Waals surface area (Å²) in [6.45, 7) is 4.77. The molecule has 50 heavy (non-hydrogen) atoms. The molecule has 1 aromatic heterocycles. The second kappa shape index (κ2) is 10.1. The summed E-state index contributed by atoms with van der Waals surface area (Å²) < 4.78 is 6.39. The molecule has 0 N–H and O–H groups in total. The summed E-state index contributed by atoms with van der Waals surface area (Å²) in [4.78, 5) is 0. The van der Waals surface area contributed by atoms with Crippen molar-refractivity contribution >= 4 is 59.8 Å². The van der Waals surface area contributed by atoms with Gasteiger partial charge in [0, 0.05) is 28.0 Å². The lowest BCUT2D eigenvalue weighted by molar-refractivity contribution is 0.663. The van der Waals surface area contributed by atoms with E-state index in [0.29, 0.717) is 11.8 Å². The molecule has 0 aliphatic heterocycles. The third kappa shape index (κ3) is 3.72. The maximum absolute atomic E-state index is 6.39. The molecule has 1 heterocycles. The van der Waals surface area contributed by atoms with Crippen molar-refractivity contribution in [2.24, 2.45) is 11.8 Å². The van der Waals surface area contributed by atoms with Crippen LogP contribution in [0.2, 0.25) is 0 Å². The van der Waals surface area contributed by atoms with Crippen molar-refractivity contribution in [3.63, 3.8) is 0 Å². The van der Waals surface area contributed by atoms with E-state index in [1.807, 2.05) is 6.07 Å². The zero-order valence-electron chi connectivity index (χ0n) is 28.1. The minimum absolute atomic E-state index is 0.157. The normalized spacial score (nSPS) is 18.6. The van der Waals surface area contributed by atoms with Gasteiger partial charge in [0.25, 0.3) is 0 Å². The van der Waals surface area contributed by atoms with E-state index in [1.165, 1.54) is 87.6 Å². The van der Waals surface area contributed by atoms with Crippen molar-refractivity contribution in [2.45, 2.75) is 19.3 Å². The first-order valence-electron chi connectivity index (χ1n) is 17.8. The summed E-state index contributed by atoms with van der Waals surface area (Å²) in [5.74, 6) is 0.716. The molecule has 1 nitrogen and oxygen atoms in total. The van der Waals surface area contributed by atoms with Crippen LogP contribution >= 0.6 is 0 Å². The molecular weight excluding hydrogens is 605 g/mol. The number of hydrogen-bond acceptors (Lipinski definition) is 1. The summed E-state index contributed by atoms with van der Waals surface area (Å²) in [5, 5.41) is 10.1. The lowest BCUT2D eigenvalue weighted by Crippen LogP contribution is -2.15. The Balaban J connectivity index is 1.15. The number of rotatable bonds is 2. The fourth-order valence-corrected chi connectivity index (χ4v) is 9.56. The number of hydrogen-bond donors (Lipinski definition) is 0. The van der Waals surface area contributed by atoms with Crippen molar-refractivity contribution in [2.75, 3.05) is 0 Å². The Kier molecular flexibility index (Phi) is 5.63. The van der Waals surface area contributed by atoms with Gasteiger partial charge in [-0.25, -0.2) is 0 Å². The molecule has 0 saturated carbocycles. The first kappa shape index (κ1) is 28.0. The summed E-state index contributed by atoms with van der Waals surface area (Å²) in [6.07, 6.45) is 16.0. The van der Waals surface area contributed by atoms with E-state index in [0.717, 1.165) is 11.2 Å². The second-order valence-electron chi connectivity index (χ2n) is 14.8. The Hall–Kier alpha value is -5.92. The fourth-order valence-electron chi connectivity index (χ4n) is 9.56. The van der Waals surface area contributed by atoms with Gasteiger partial charge in [-0.2, -0.15) is 0 Å². The Morgan fingerprint density at radius 1 is 0.520 bits per heavy atom. The summed E-state index contributed by atoms with van der Waals surface area (Å²) >= 11 is 0. The number of allylic oxidation sites excluding steroid dienone is 8. The average Bonchev–Trinajstić information content (AvgIpc) is 3.63. The standard InChI is InChI=1S/C49H34O/c1-49(2)43-25-23-31(27-41(43)39-24-22-30-26-42-33-15-9-10-21-44(33)50-45(42)28-40(30)48(39)49)46-35-16-5-7-18-37(35)47(38-19-8-6-17-36(38)46)34-20-11-13-29-12-3-4-14-32(29)34/h3-29,32H,1-2H3. The molecule has 3 aliphatic rings. The molecule has 7 aromatic carbocycles. The zero-order chi connectivity index (χ0) is 33.1. The maximum atomic E-state index is 6.39. The zero-order valence-corrected chi connectivity index (χ0v) is 28.1. The molecule has 11 rings (SSSR count). The third-order valence-corrected chi connectivity index (χ3v) is 11.8. The molecule has 2 atom stereocenters. The van der Waals surface area contributed by atoms with Crippen LogP contribution < -0.4 is 0 Å². The summed E-state index contributed by atoms with van der Waals surface area (Å²) in [5.41, 5.74) is 12.5. The lowest BCUT2D eigenvalue weighted by Gasteiger charge is -2.29. The van der Waals surface area contributed by atoms with E-state index in [9.17, 15) is 0 Å². The van der Waals surface area contributed by atoms with Crippen LogP contribution in [0.25, 0.3) is 82.1 Å². The topological polar surface area (TPSA) is 13.1 Å². The van der Waals surface area contributed by atoms with Gasteiger partial charge < -0.3 is 4.42 Å². The van der Waals surface area contributed by atoms with Crippen molar-refractivity contribution in [3.05, 3.63) is 174 Å². The number of furan rings is 1. The number of para-hydroxylation sites is 1. The molecule has 1 heteroatoms. The maximum Gasteiger partial charge on any atom is 0.136 e. The molecular formula is C49H34O. The van der Waals surface area contributed by atoms with Gasteiger partial charge in [-0.05, 0) is 101 Å². The molecule has 0 saturated heterocycles. The molecule has 2 unspecified atom stereocenters. The van der Waals surface area contributed by atoms with Crippen LogP contribution in [0.1, 0.15) is 30.5 Å². The van der Waals surface area contributed by atoms with Crippen molar-refractivity contribution < 1.29 is 4.42 Å². The smallest absolute Gasteiger partial charge is 0.136 e. The van der Waals surface area contributed by atoms with Gasteiger partial charge in [-0.1, -0.05) is 147 Å². The highest BCUT2D eigenvalue weighted by Crippen LogP contribution is 2.54. The minimum atomic E-state index is -0.157. The molecule has 0 fully saturated rings. The fraction of sp³-hybridized carbons (Fsp3) is 0.102. The third-order valence-electron chi connectivity index (χ3n) is 11.8. The van der Waals surface area contributed by atoms with Crippen LogP contribution in [0.4, 0.5) is 0 Å². The number of fused-ring (bicyclic) bond motifs is 11. The van der Waals surface area contributed by atoms with Gasteiger partial charge >= 0.3 is 0 Å². The van der Waals surface area contributed by atoms with Crippen LogP contribution in [-0.4, -0.2) is 0 Å². The predicted octanol–water partition coefficient (Wildman–Crippen LogP) is 13.3. The van der Waals surface area contributed by atoms with Crippen LogP contribution in [0.5, 0.6) is 0 Å². The summed E-state index contributed by atoms with van der Waals surface area (Å²) in [7, 11) is 0. The highest BCUT2D eigenvalue weighted by molar-refractivity contribution is 6.19. The Bertz CT molecular complexity index is 2850. The van der Waals surface area contributed by atoms with E-state index >= 15 is 0 Å². The SMILES string of the molecule is CC1(C)c2ccc(-c3c4ccccc4c(C4=CC=CC5C=CC=CC45)c4ccccc34)cc2-c2ccc3cc4c(cc3c21)oc1ccccc14. The van der Waals surface area contributed by atoms with Crippen molar-refractivity contribution in [1.29, 1.82) is 0 Å². The lowest BCUT2D eigenvalue weighted by atomic mass is 9.74. The van der Waals surface area contributed by atoms with Gasteiger partial charge in [-0.3, -0.25) is 0 Å². The molecule has 3 aliphatic carbocycles. The average molecular weight is 639 g/mol. The number of benzene rings is 7. The predicted molar refractivity (Wildman–Crippen MR) is 212 cm³/mol. The summed E-state index contributed by atoms with van der Waals surface area (Å²) in [6, 6.07) is 43.0. The Labute approximate surface area is 291 Å². The molecule has 0 spiro atoms. The van der Waals surface area contributed by atoms with E-state index < -0.39 is 0 Å². The minimum Gasteiger partial charge on any atom is -0.456 e. The van der Waals surface area contributed by atoms with E-state index in [2.05, 4.69) is 166 Å². The van der Waals surface area contributed by atoms with Crippen LogP contribution in [0, 0.1) is 11.8 Å². The first-order valence-corrected chi connectivity index (χ1v) is 17.8. The van der Waals surface area contributed by atoms with Gasteiger partial charge in [-0.15, -0.1) is 0 Å². The van der Waals surface area contributed by atoms with Gasteiger partial charge in [0.1, 0.15) is 11.2 Å². The van der Waals surface area contributed by atoms with E-state index in [1.54, 1.807) is 0 Å². The van der Waals surface area contributed by atoms with Gasteiger partial charge in [0.2, 0.25) is 0 Å². The largest absolute Gasteiger partial charge is 0.456 e. The second-order valence-corrected chi connectivity index (χ2v) is 14.8. The van der Waals surface area contributed by atoms with E-state index in [4.69, 9.17) is 4.42 Å². The molecule has 0 bridgehead atoms. The molecule has 8 aromatic rings. The molecule has 0 amide bonds. The molecule has 0 radical (unpaired) electrons. The highest BCUT2D eigenvalue weighted by Gasteiger charge is 2.37. The first-order chi connectivity index (χ1) is 24.6. The van der Waals surface area contributed by atoms with E-state index in [-0.39, 0.29) is 5.41 Å². The highest BCUT2D eigenvalue weighted by atomic mass is 16.3. The van der Waals surface area contributed by atoms with Crippen LogP contribution in [-0.2, 0) is 5.41 Å². The Morgan fingerprint density at radius 2 is 1.20 bits per heavy atom.